The molecule has 0 atom stereocenters. The van der Waals surface area contributed by atoms with Crippen LogP contribution < -0.4 is 0 Å². The molecule has 15 heavy (non-hydrogen) atoms. The number of hydrogen-bond acceptors (Lipinski definition) is 2. The molecule has 0 heterocycles. The fourth-order valence-corrected chi connectivity index (χ4v) is 4.64. The van der Waals surface area contributed by atoms with Crippen LogP contribution in [-0.2, 0) is 4.79 Å². The van der Waals surface area contributed by atoms with E-state index in [0.717, 1.165) is 37.5 Å². The maximum absolute atomic E-state index is 12.0. The monoisotopic (exact) mass is 208 g/mol. The van der Waals surface area contributed by atoms with E-state index in [9.17, 15) is 9.90 Å². The number of aliphatic hydroxyl groups is 1. The summed E-state index contributed by atoms with van der Waals surface area (Å²) in [6.45, 7) is 1.88. The van der Waals surface area contributed by atoms with Gasteiger partial charge in [0.2, 0.25) is 0 Å². The molecule has 2 nitrogen and oxygen atoms in total. The van der Waals surface area contributed by atoms with Gasteiger partial charge in [-0.1, -0.05) is 6.92 Å². The number of hydrogen-bond donors (Lipinski definition) is 1. The number of rotatable bonds is 2. The highest BCUT2D eigenvalue weighted by Crippen LogP contribution is 2.58. The molecular weight excluding hydrogens is 188 g/mol. The molecule has 84 valence electrons. The van der Waals surface area contributed by atoms with E-state index in [0.29, 0.717) is 18.3 Å². The van der Waals surface area contributed by atoms with Gasteiger partial charge in [0.05, 0.1) is 0 Å². The van der Waals surface area contributed by atoms with Crippen LogP contribution in [0.15, 0.2) is 0 Å². The Kier molecular flexibility index (Phi) is 2.01. The number of carbonyl (C=O) groups excluding carboxylic acids is 1. The van der Waals surface area contributed by atoms with E-state index in [4.69, 9.17) is 0 Å². The quantitative estimate of drug-likeness (QED) is 0.755. The van der Waals surface area contributed by atoms with Crippen LogP contribution in [0.25, 0.3) is 0 Å². The first-order valence-corrected chi connectivity index (χ1v) is 6.40. The highest BCUT2D eigenvalue weighted by atomic mass is 16.3. The van der Waals surface area contributed by atoms with Gasteiger partial charge in [-0.25, -0.2) is 0 Å². The first-order valence-electron chi connectivity index (χ1n) is 6.40. The van der Waals surface area contributed by atoms with Crippen LogP contribution in [0, 0.1) is 23.7 Å². The predicted molar refractivity (Wildman–Crippen MR) is 57.3 cm³/mol. The Bertz CT molecular complexity index is 267. The molecule has 0 radical (unpaired) electrons. The van der Waals surface area contributed by atoms with Gasteiger partial charge in [0.25, 0.3) is 0 Å². The zero-order valence-corrected chi connectivity index (χ0v) is 9.41. The van der Waals surface area contributed by atoms with Gasteiger partial charge in [-0.05, 0) is 55.8 Å². The normalized spacial score (nSPS) is 52.1. The lowest BCUT2D eigenvalue weighted by Gasteiger charge is -2.58. The third-order valence-electron chi connectivity index (χ3n) is 5.15. The summed E-state index contributed by atoms with van der Waals surface area (Å²) >= 11 is 0. The highest BCUT2D eigenvalue weighted by Gasteiger charge is 2.59. The van der Waals surface area contributed by atoms with E-state index in [1.807, 2.05) is 6.92 Å². The first kappa shape index (κ1) is 9.83. The minimum atomic E-state index is -0.928. The Labute approximate surface area is 91.1 Å². The topological polar surface area (TPSA) is 37.3 Å². The molecule has 2 heteroatoms. The highest BCUT2D eigenvalue weighted by molar-refractivity contribution is 5.88. The Hall–Kier alpha value is -0.370. The molecule has 1 N–H and O–H groups in total. The molecule has 0 aliphatic heterocycles. The second kappa shape index (κ2) is 3.07. The van der Waals surface area contributed by atoms with E-state index in [-0.39, 0.29) is 5.78 Å². The van der Waals surface area contributed by atoms with Gasteiger partial charge in [-0.2, -0.15) is 0 Å². The van der Waals surface area contributed by atoms with Crippen molar-refractivity contribution in [3.8, 4) is 0 Å². The maximum atomic E-state index is 12.0. The predicted octanol–water partition coefficient (Wildman–Crippen LogP) is 2.15. The van der Waals surface area contributed by atoms with Crippen molar-refractivity contribution >= 4 is 5.78 Å². The lowest BCUT2D eigenvalue weighted by atomic mass is 9.49. The van der Waals surface area contributed by atoms with Crippen molar-refractivity contribution in [1.29, 1.82) is 0 Å². The fraction of sp³-hybridized carbons (Fsp3) is 0.923. The van der Waals surface area contributed by atoms with Gasteiger partial charge in [-0.3, -0.25) is 4.79 Å². The van der Waals surface area contributed by atoms with E-state index >= 15 is 0 Å². The molecule has 4 aliphatic rings. The smallest absolute Gasteiger partial charge is 0.164 e. The van der Waals surface area contributed by atoms with E-state index in [1.165, 1.54) is 6.42 Å². The molecule has 4 saturated carbocycles. The van der Waals surface area contributed by atoms with Gasteiger partial charge in [0.15, 0.2) is 5.78 Å². The number of ketones is 1. The van der Waals surface area contributed by atoms with Gasteiger partial charge in [0, 0.05) is 6.42 Å². The molecule has 4 bridgehead atoms. The number of carbonyl (C=O) groups is 1. The standard InChI is InChI=1S/C13H20O2/c1-2-12(14)13(15)10-4-8-3-9(6-10)7-11(13)5-8/h8-11,15H,2-7H2,1H3. The third kappa shape index (κ3) is 1.17. The molecule has 0 amide bonds. The molecule has 4 aliphatic carbocycles. The largest absolute Gasteiger partial charge is 0.381 e. The van der Waals surface area contributed by atoms with Crippen LogP contribution in [0.1, 0.15) is 45.4 Å². The molecule has 0 aromatic heterocycles. The zero-order valence-electron chi connectivity index (χ0n) is 9.41. The Morgan fingerprint density at radius 2 is 1.60 bits per heavy atom. The molecule has 0 aromatic carbocycles. The summed E-state index contributed by atoms with van der Waals surface area (Å²) in [5.41, 5.74) is -0.928. The molecule has 0 aromatic rings. The van der Waals surface area contributed by atoms with Crippen LogP contribution in [0.3, 0.4) is 0 Å². The molecule has 0 unspecified atom stereocenters. The minimum absolute atomic E-state index is 0.108. The maximum Gasteiger partial charge on any atom is 0.164 e. The molecule has 4 fully saturated rings. The molecule has 4 rings (SSSR count). The van der Waals surface area contributed by atoms with Crippen molar-refractivity contribution in [2.24, 2.45) is 23.7 Å². The SMILES string of the molecule is CCC(=O)C1(O)C2CC3CC(C2)CC1C3. The second-order valence-electron chi connectivity index (χ2n) is 5.91. The number of Topliss-reactive ketones (excluding diaryl/α,β-unsaturated/α-hetero) is 1. The summed E-state index contributed by atoms with van der Waals surface area (Å²) in [5, 5.41) is 10.7. The van der Waals surface area contributed by atoms with Crippen molar-refractivity contribution in [3.05, 3.63) is 0 Å². The van der Waals surface area contributed by atoms with E-state index < -0.39 is 5.60 Å². The summed E-state index contributed by atoms with van der Waals surface area (Å²) < 4.78 is 0. The molecule has 0 saturated heterocycles. The van der Waals surface area contributed by atoms with Crippen molar-refractivity contribution < 1.29 is 9.90 Å². The van der Waals surface area contributed by atoms with Crippen molar-refractivity contribution in [1.82, 2.24) is 0 Å². The van der Waals surface area contributed by atoms with Gasteiger partial charge in [0.1, 0.15) is 5.60 Å². The Balaban J connectivity index is 1.94. The third-order valence-corrected chi connectivity index (χ3v) is 5.15. The second-order valence-corrected chi connectivity index (χ2v) is 5.91. The Morgan fingerprint density at radius 3 is 2.00 bits per heavy atom. The average Bonchev–Trinajstić information content (AvgIpc) is 2.23. The van der Waals surface area contributed by atoms with Crippen LogP contribution in [0.5, 0.6) is 0 Å². The van der Waals surface area contributed by atoms with Crippen LogP contribution in [-0.4, -0.2) is 16.5 Å². The van der Waals surface area contributed by atoms with Crippen LogP contribution in [0.4, 0.5) is 0 Å². The van der Waals surface area contributed by atoms with Crippen molar-refractivity contribution in [2.45, 2.75) is 51.0 Å². The van der Waals surface area contributed by atoms with Crippen molar-refractivity contribution in [2.75, 3.05) is 0 Å². The molecular formula is C13H20O2. The first-order chi connectivity index (χ1) is 7.14. The summed E-state index contributed by atoms with van der Waals surface area (Å²) in [5.74, 6) is 2.33. The van der Waals surface area contributed by atoms with Gasteiger partial charge < -0.3 is 5.11 Å². The van der Waals surface area contributed by atoms with E-state index in [2.05, 4.69) is 0 Å². The average molecular weight is 208 g/mol. The summed E-state index contributed by atoms with van der Waals surface area (Å²) in [6.07, 6.45) is 6.29. The van der Waals surface area contributed by atoms with Crippen LogP contribution in [0.2, 0.25) is 0 Å². The van der Waals surface area contributed by atoms with Gasteiger partial charge in [-0.15, -0.1) is 0 Å². The van der Waals surface area contributed by atoms with Gasteiger partial charge >= 0.3 is 0 Å². The zero-order chi connectivity index (χ0) is 10.6. The van der Waals surface area contributed by atoms with E-state index in [1.54, 1.807) is 0 Å². The van der Waals surface area contributed by atoms with Crippen LogP contribution >= 0.6 is 0 Å². The lowest BCUT2D eigenvalue weighted by Crippen LogP contribution is -2.61. The van der Waals surface area contributed by atoms with Crippen molar-refractivity contribution in [3.63, 3.8) is 0 Å². The Morgan fingerprint density at radius 1 is 1.13 bits per heavy atom. The summed E-state index contributed by atoms with van der Waals surface area (Å²) in [4.78, 5) is 12.0. The minimum Gasteiger partial charge on any atom is -0.381 e. The molecule has 0 spiro atoms. The summed E-state index contributed by atoms with van der Waals surface area (Å²) in [7, 11) is 0. The lowest BCUT2D eigenvalue weighted by molar-refractivity contribution is -0.185. The summed E-state index contributed by atoms with van der Waals surface area (Å²) in [6, 6.07) is 0. The fourth-order valence-electron chi connectivity index (χ4n) is 4.64.